The fourth-order valence-corrected chi connectivity index (χ4v) is 1.92. The molecule has 1 saturated carbocycles. The highest BCUT2D eigenvalue weighted by Crippen LogP contribution is 2.43. The maximum atomic E-state index is 5.25. The standard InChI is InChI=1S/C12H17NO/c1-13-12-5-3-4-10(9-6-7-9)11(12)8-14-2/h3-5,9,13H,6-8H2,1-2H3. The molecule has 0 unspecified atom stereocenters. The molecule has 2 nitrogen and oxygen atoms in total. The molecule has 0 heterocycles. The number of ether oxygens (including phenoxy) is 1. The molecule has 0 aliphatic heterocycles. The van der Waals surface area contributed by atoms with E-state index in [-0.39, 0.29) is 0 Å². The molecule has 0 bridgehead atoms. The fourth-order valence-electron chi connectivity index (χ4n) is 1.92. The van der Waals surface area contributed by atoms with Gasteiger partial charge in [0, 0.05) is 25.4 Å². The second-order valence-electron chi connectivity index (χ2n) is 3.83. The van der Waals surface area contributed by atoms with Gasteiger partial charge in [-0.05, 0) is 30.4 Å². The van der Waals surface area contributed by atoms with Gasteiger partial charge in [-0.2, -0.15) is 0 Å². The average molecular weight is 191 g/mol. The van der Waals surface area contributed by atoms with Crippen LogP contribution in [-0.4, -0.2) is 14.2 Å². The van der Waals surface area contributed by atoms with E-state index < -0.39 is 0 Å². The van der Waals surface area contributed by atoms with E-state index in [4.69, 9.17) is 4.74 Å². The molecule has 0 saturated heterocycles. The van der Waals surface area contributed by atoms with Crippen molar-refractivity contribution in [2.24, 2.45) is 0 Å². The van der Waals surface area contributed by atoms with E-state index in [2.05, 4.69) is 23.5 Å². The summed E-state index contributed by atoms with van der Waals surface area (Å²) >= 11 is 0. The van der Waals surface area contributed by atoms with Crippen molar-refractivity contribution in [3.05, 3.63) is 29.3 Å². The molecule has 1 aromatic carbocycles. The minimum atomic E-state index is 0.711. The molecule has 1 N–H and O–H groups in total. The fraction of sp³-hybridized carbons (Fsp3) is 0.500. The lowest BCUT2D eigenvalue weighted by Crippen LogP contribution is -2.01. The van der Waals surface area contributed by atoms with Crippen molar-refractivity contribution in [3.8, 4) is 0 Å². The van der Waals surface area contributed by atoms with Crippen LogP contribution in [-0.2, 0) is 11.3 Å². The van der Waals surface area contributed by atoms with Crippen LogP contribution in [0.25, 0.3) is 0 Å². The van der Waals surface area contributed by atoms with Gasteiger partial charge in [0.25, 0.3) is 0 Å². The Labute approximate surface area is 85.3 Å². The molecule has 0 spiro atoms. The summed E-state index contributed by atoms with van der Waals surface area (Å²) in [7, 11) is 3.72. The van der Waals surface area contributed by atoms with E-state index in [1.807, 2.05) is 7.05 Å². The number of nitrogens with one attached hydrogen (secondary N) is 1. The molecule has 2 heteroatoms. The summed E-state index contributed by atoms with van der Waals surface area (Å²) in [4.78, 5) is 0. The van der Waals surface area contributed by atoms with Gasteiger partial charge in [-0.1, -0.05) is 12.1 Å². The summed E-state index contributed by atoms with van der Waals surface area (Å²) in [6.45, 7) is 0.711. The Hall–Kier alpha value is -1.02. The maximum absolute atomic E-state index is 5.25. The lowest BCUT2D eigenvalue weighted by Gasteiger charge is -2.13. The number of hydrogen-bond donors (Lipinski definition) is 1. The normalized spacial score (nSPS) is 15.6. The molecular weight excluding hydrogens is 174 g/mol. The SMILES string of the molecule is CNc1cccc(C2CC2)c1COC. The predicted octanol–water partition coefficient (Wildman–Crippen LogP) is 2.75. The Bertz CT molecular complexity index is 318. The summed E-state index contributed by atoms with van der Waals surface area (Å²) < 4.78 is 5.25. The Balaban J connectivity index is 2.36. The summed E-state index contributed by atoms with van der Waals surface area (Å²) in [6, 6.07) is 6.46. The third-order valence-electron chi connectivity index (χ3n) is 2.79. The molecule has 14 heavy (non-hydrogen) atoms. The smallest absolute Gasteiger partial charge is 0.0735 e. The van der Waals surface area contributed by atoms with Gasteiger partial charge in [-0.25, -0.2) is 0 Å². The topological polar surface area (TPSA) is 21.3 Å². The summed E-state index contributed by atoms with van der Waals surface area (Å²) in [5, 5.41) is 3.22. The highest BCUT2D eigenvalue weighted by atomic mass is 16.5. The molecule has 0 atom stereocenters. The van der Waals surface area contributed by atoms with Gasteiger partial charge in [0.1, 0.15) is 0 Å². The molecule has 1 aliphatic carbocycles. The predicted molar refractivity (Wildman–Crippen MR) is 58.7 cm³/mol. The van der Waals surface area contributed by atoms with Gasteiger partial charge in [-0.3, -0.25) is 0 Å². The third-order valence-corrected chi connectivity index (χ3v) is 2.79. The van der Waals surface area contributed by atoms with Gasteiger partial charge in [0.2, 0.25) is 0 Å². The first kappa shape index (κ1) is 9.53. The van der Waals surface area contributed by atoms with Crippen molar-refractivity contribution in [1.82, 2.24) is 0 Å². The minimum absolute atomic E-state index is 0.711. The molecular formula is C12H17NO. The van der Waals surface area contributed by atoms with E-state index >= 15 is 0 Å². The first-order chi connectivity index (χ1) is 6.86. The summed E-state index contributed by atoms with van der Waals surface area (Å²) in [5.41, 5.74) is 4.01. The summed E-state index contributed by atoms with van der Waals surface area (Å²) in [6.07, 6.45) is 2.67. The van der Waals surface area contributed by atoms with Crippen molar-refractivity contribution in [2.75, 3.05) is 19.5 Å². The minimum Gasteiger partial charge on any atom is -0.388 e. The lowest BCUT2D eigenvalue weighted by atomic mass is 10.0. The quantitative estimate of drug-likeness (QED) is 0.790. The molecule has 76 valence electrons. The van der Waals surface area contributed by atoms with E-state index in [9.17, 15) is 0 Å². The molecule has 0 radical (unpaired) electrons. The zero-order valence-electron chi connectivity index (χ0n) is 8.84. The molecule has 0 aromatic heterocycles. The van der Waals surface area contributed by atoms with Crippen molar-refractivity contribution in [1.29, 1.82) is 0 Å². The Morgan fingerprint density at radius 2 is 2.21 bits per heavy atom. The van der Waals surface area contributed by atoms with E-state index in [0.717, 1.165) is 5.92 Å². The van der Waals surface area contributed by atoms with Crippen molar-refractivity contribution < 1.29 is 4.74 Å². The highest BCUT2D eigenvalue weighted by Gasteiger charge is 2.26. The Morgan fingerprint density at radius 1 is 1.43 bits per heavy atom. The van der Waals surface area contributed by atoms with Gasteiger partial charge < -0.3 is 10.1 Å². The molecule has 1 aromatic rings. The van der Waals surface area contributed by atoms with Crippen LogP contribution < -0.4 is 5.32 Å². The van der Waals surface area contributed by atoms with Crippen molar-refractivity contribution >= 4 is 5.69 Å². The van der Waals surface area contributed by atoms with E-state index in [1.165, 1.54) is 29.7 Å². The van der Waals surface area contributed by atoms with Crippen LogP contribution in [0.3, 0.4) is 0 Å². The van der Waals surface area contributed by atoms with Crippen LogP contribution >= 0.6 is 0 Å². The van der Waals surface area contributed by atoms with Crippen LogP contribution in [0.2, 0.25) is 0 Å². The van der Waals surface area contributed by atoms with Gasteiger partial charge >= 0.3 is 0 Å². The van der Waals surface area contributed by atoms with Crippen LogP contribution in [0.5, 0.6) is 0 Å². The van der Waals surface area contributed by atoms with Crippen LogP contribution in [0.4, 0.5) is 5.69 Å². The maximum Gasteiger partial charge on any atom is 0.0735 e. The van der Waals surface area contributed by atoms with Gasteiger partial charge in [-0.15, -0.1) is 0 Å². The first-order valence-corrected chi connectivity index (χ1v) is 5.15. The monoisotopic (exact) mass is 191 g/mol. The molecule has 1 fully saturated rings. The summed E-state index contributed by atoms with van der Waals surface area (Å²) in [5.74, 6) is 0.786. The number of hydrogen-bond acceptors (Lipinski definition) is 2. The van der Waals surface area contributed by atoms with Crippen LogP contribution in [0, 0.1) is 0 Å². The van der Waals surface area contributed by atoms with Crippen LogP contribution in [0.1, 0.15) is 29.9 Å². The first-order valence-electron chi connectivity index (χ1n) is 5.15. The van der Waals surface area contributed by atoms with Crippen molar-refractivity contribution in [3.63, 3.8) is 0 Å². The average Bonchev–Trinajstić information content (AvgIpc) is 3.02. The number of methoxy groups -OCH3 is 1. The highest BCUT2D eigenvalue weighted by molar-refractivity contribution is 5.55. The van der Waals surface area contributed by atoms with Gasteiger partial charge in [0.05, 0.1) is 6.61 Å². The third kappa shape index (κ3) is 1.75. The lowest BCUT2D eigenvalue weighted by molar-refractivity contribution is 0.184. The Morgan fingerprint density at radius 3 is 2.79 bits per heavy atom. The van der Waals surface area contributed by atoms with Crippen molar-refractivity contribution in [2.45, 2.75) is 25.4 Å². The molecule has 1 aliphatic rings. The zero-order valence-corrected chi connectivity index (χ0v) is 8.84. The largest absolute Gasteiger partial charge is 0.388 e. The number of benzene rings is 1. The molecule has 0 amide bonds. The second kappa shape index (κ2) is 4.01. The second-order valence-corrected chi connectivity index (χ2v) is 3.83. The molecule has 2 rings (SSSR count). The van der Waals surface area contributed by atoms with E-state index in [0.29, 0.717) is 6.61 Å². The van der Waals surface area contributed by atoms with Crippen LogP contribution in [0.15, 0.2) is 18.2 Å². The van der Waals surface area contributed by atoms with Gasteiger partial charge in [0.15, 0.2) is 0 Å². The number of anilines is 1. The number of rotatable bonds is 4. The zero-order chi connectivity index (χ0) is 9.97. The van der Waals surface area contributed by atoms with E-state index in [1.54, 1.807) is 7.11 Å². The Kier molecular flexibility index (Phi) is 2.73.